The van der Waals surface area contributed by atoms with Gasteiger partial charge in [-0.1, -0.05) is 0 Å². The minimum Gasteiger partial charge on any atom is -0.497 e. The zero-order valence-corrected chi connectivity index (χ0v) is 23.3. The van der Waals surface area contributed by atoms with Crippen molar-refractivity contribution >= 4 is 15.9 Å². The Labute approximate surface area is 219 Å². The molecule has 4 rings (SSSR count). The van der Waals surface area contributed by atoms with Crippen molar-refractivity contribution in [1.82, 2.24) is 29.2 Å². The molecular weight excluding hydrogens is 496 g/mol. The van der Waals surface area contributed by atoms with Crippen LogP contribution in [0.4, 0.5) is 0 Å². The van der Waals surface area contributed by atoms with E-state index in [1.165, 1.54) is 19.9 Å². The van der Waals surface area contributed by atoms with Gasteiger partial charge in [0.15, 0.2) is 0 Å². The van der Waals surface area contributed by atoms with E-state index in [2.05, 4.69) is 27.0 Å². The molecule has 1 aromatic carbocycles. The molecule has 0 aliphatic carbocycles. The molecule has 0 radical (unpaired) electrons. The highest BCUT2D eigenvalue weighted by Crippen LogP contribution is 2.28. The summed E-state index contributed by atoms with van der Waals surface area (Å²) in [6.45, 7) is 9.55. The lowest BCUT2D eigenvalue weighted by Gasteiger charge is -2.37. The maximum atomic E-state index is 13.3. The fraction of sp³-hybridized carbons (Fsp3) is 0.640. The number of methoxy groups -OCH3 is 1. The molecule has 2 aliphatic heterocycles. The highest BCUT2D eigenvalue weighted by molar-refractivity contribution is 7.89. The van der Waals surface area contributed by atoms with Crippen molar-refractivity contribution in [2.45, 2.75) is 38.1 Å². The average Bonchev–Trinajstić information content (AvgIpc) is 3.33. The van der Waals surface area contributed by atoms with E-state index in [1.54, 1.807) is 38.0 Å². The molecule has 11 nitrogen and oxygen atoms in total. The van der Waals surface area contributed by atoms with Crippen LogP contribution in [0.1, 0.15) is 40.5 Å². The number of carbonyl (C=O) groups is 1. The van der Waals surface area contributed by atoms with E-state index < -0.39 is 10.0 Å². The monoisotopic (exact) mass is 534 g/mol. The van der Waals surface area contributed by atoms with Gasteiger partial charge in [-0.3, -0.25) is 9.69 Å². The Morgan fingerprint density at radius 3 is 2.30 bits per heavy atom. The van der Waals surface area contributed by atoms with Crippen LogP contribution in [-0.4, -0.2) is 111 Å². The van der Waals surface area contributed by atoms with Crippen molar-refractivity contribution in [3.8, 4) is 5.75 Å². The first-order valence-electron chi connectivity index (χ1n) is 12.7. The van der Waals surface area contributed by atoms with Gasteiger partial charge in [0.25, 0.3) is 0 Å². The van der Waals surface area contributed by atoms with E-state index in [0.29, 0.717) is 30.0 Å². The summed E-state index contributed by atoms with van der Waals surface area (Å²) >= 11 is 0. The van der Waals surface area contributed by atoms with Gasteiger partial charge in [-0.05, 0) is 76.0 Å². The number of piperazine rings is 1. The van der Waals surface area contributed by atoms with Gasteiger partial charge in [-0.15, -0.1) is 10.2 Å². The maximum absolute atomic E-state index is 13.3. The van der Waals surface area contributed by atoms with Crippen molar-refractivity contribution in [2.75, 3.05) is 67.0 Å². The van der Waals surface area contributed by atoms with Crippen LogP contribution < -0.4 is 4.74 Å². The summed E-state index contributed by atoms with van der Waals surface area (Å²) in [6.07, 6.45) is 2.45. The lowest BCUT2D eigenvalue weighted by molar-refractivity contribution is 0.0556. The zero-order chi connectivity index (χ0) is 26.7. The Morgan fingerprint density at radius 2 is 1.70 bits per heavy atom. The van der Waals surface area contributed by atoms with Gasteiger partial charge >= 0.3 is 11.8 Å². The molecular formula is C25H38N6O5S. The lowest BCUT2D eigenvalue weighted by atomic mass is 9.96. The summed E-state index contributed by atoms with van der Waals surface area (Å²) in [5.74, 6) is 0.959. The van der Waals surface area contributed by atoms with Crippen LogP contribution in [0.2, 0.25) is 0 Å². The van der Waals surface area contributed by atoms with Crippen LogP contribution in [0.15, 0.2) is 21.4 Å². The number of aryl methyl sites for hydroxylation is 2. The molecule has 2 saturated heterocycles. The first-order chi connectivity index (χ1) is 17.6. The molecule has 2 fully saturated rings. The number of rotatable bonds is 8. The van der Waals surface area contributed by atoms with Gasteiger partial charge in [-0.25, -0.2) is 8.42 Å². The predicted octanol–water partition coefficient (Wildman–Crippen LogP) is 1.62. The molecule has 1 amide bonds. The summed E-state index contributed by atoms with van der Waals surface area (Å²) in [4.78, 5) is 19.7. The number of sulfonamides is 1. The van der Waals surface area contributed by atoms with Crippen LogP contribution in [-0.2, 0) is 16.6 Å². The molecule has 12 heteroatoms. The van der Waals surface area contributed by atoms with Crippen molar-refractivity contribution < 1.29 is 22.4 Å². The predicted molar refractivity (Wildman–Crippen MR) is 138 cm³/mol. The van der Waals surface area contributed by atoms with Gasteiger partial charge in [0, 0.05) is 39.8 Å². The molecule has 37 heavy (non-hydrogen) atoms. The number of aromatic nitrogens is 2. The second kappa shape index (κ2) is 11.5. The van der Waals surface area contributed by atoms with Crippen molar-refractivity contribution in [2.24, 2.45) is 5.92 Å². The molecule has 204 valence electrons. The summed E-state index contributed by atoms with van der Waals surface area (Å²) in [6, 6.07) is 3.37. The summed E-state index contributed by atoms with van der Waals surface area (Å²) in [7, 11) is 1.33. The van der Waals surface area contributed by atoms with E-state index in [1.807, 2.05) is 0 Å². The number of amides is 1. The molecule has 2 aliphatic rings. The van der Waals surface area contributed by atoms with Gasteiger partial charge in [0.05, 0.1) is 18.6 Å². The number of hydrogen-bond acceptors (Lipinski definition) is 9. The second-order valence-electron chi connectivity index (χ2n) is 10.2. The van der Waals surface area contributed by atoms with E-state index in [0.717, 1.165) is 42.9 Å². The lowest BCUT2D eigenvalue weighted by Crippen LogP contribution is -2.50. The highest BCUT2D eigenvalue weighted by Gasteiger charge is 2.30. The molecule has 0 N–H and O–H groups in total. The highest BCUT2D eigenvalue weighted by atomic mass is 32.2. The third-order valence-electron chi connectivity index (χ3n) is 7.36. The van der Waals surface area contributed by atoms with E-state index in [9.17, 15) is 13.2 Å². The van der Waals surface area contributed by atoms with E-state index >= 15 is 0 Å². The van der Waals surface area contributed by atoms with Gasteiger partial charge in [-0.2, -0.15) is 4.31 Å². The number of ether oxygens (including phenoxy) is 1. The summed E-state index contributed by atoms with van der Waals surface area (Å²) in [5, 5.41) is 7.86. The van der Waals surface area contributed by atoms with Crippen molar-refractivity contribution in [3.05, 3.63) is 35.0 Å². The Hall–Kier alpha value is -2.54. The number of carbonyl (C=O) groups excluding carboxylic acids is 1. The standard InChI is InChI=1S/C25H38N6O5S/c1-18-14-21(35-5)15-19(2)23(18)37(33,34)29(4)17-22-26-27-24(36-22)25(32)31-12-10-30(11-13-31)16-20-6-8-28(3)9-7-20/h14-15,20H,6-13,16-17H2,1-5H3. The van der Waals surface area contributed by atoms with Crippen LogP contribution in [0.25, 0.3) is 0 Å². The van der Waals surface area contributed by atoms with Crippen LogP contribution >= 0.6 is 0 Å². The summed E-state index contributed by atoms with van der Waals surface area (Å²) in [5.41, 5.74) is 1.17. The molecule has 0 bridgehead atoms. The van der Waals surface area contributed by atoms with Crippen LogP contribution in [0.3, 0.4) is 0 Å². The maximum Gasteiger partial charge on any atom is 0.311 e. The number of benzene rings is 1. The third-order valence-corrected chi connectivity index (χ3v) is 9.47. The Kier molecular flexibility index (Phi) is 8.52. The molecule has 0 unspecified atom stereocenters. The average molecular weight is 535 g/mol. The third kappa shape index (κ3) is 6.31. The minimum absolute atomic E-state index is 0.0687. The largest absolute Gasteiger partial charge is 0.497 e. The number of likely N-dealkylation sites (tertiary alicyclic amines) is 1. The van der Waals surface area contributed by atoms with Crippen molar-refractivity contribution in [3.63, 3.8) is 0 Å². The number of piperidine rings is 1. The number of hydrogen-bond donors (Lipinski definition) is 0. The molecule has 0 saturated carbocycles. The van der Waals surface area contributed by atoms with Gasteiger partial charge in [0.1, 0.15) is 5.75 Å². The van der Waals surface area contributed by atoms with E-state index in [-0.39, 0.29) is 29.1 Å². The smallest absolute Gasteiger partial charge is 0.311 e. The molecule has 3 heterocycles. The molecule has 1 aromatic heterocycles. The van der Waals surface area contributed by atoms with Gasteiger partial charge < -0.3 is 19.0 Å². The van der Waals surface area contributed by atoms with Crippen LogP contribution in [0.5, 0.6) is 5.75 Å². The zero-order valence-electron chi connectivity index (χ0n) is 22.4. The first kappa shape index (κ1) is 27.5. The second-order valence-corrected chi connectivity index (χ2v) is 12.2. The fourth-order valence-corrected chi connectivity index (χ4v) is 6.67. The quantitative estimate of drug-likeness (QED) is 0.499. The minimum atomic E-state index is -3.83. The fourth-order valence-electron chi connectivity index (χ4n) is 5.15. The summed E-state index contributed by atoms with van der Waals surface area (Å²) < 4.78 is 38.5. The van der Waals surface area contributed by atoms with E-state index in [4.69, 9.17) is 9.15 Å². The normalized spacial score (nSPS) is 18.5. The van der Waals surface area contributed by atoms with Crippen LogP contribution in [0, 0.1) is 19.8 Å². The molecule has 0 atom stereocenters. The Bertz CT molecular complexity index is 1180. The molecule has 0 spiro atoms. The first-order valence-corrected chi connectivity index (χ1v) is 14.2. The van der Waals surface area contributed by atoms with Crippen molar-refractivity contribution in [1.29, 1.82) is 0 Å². The number of nitrogens with zero attached hydrogens (tertiary/aromatic N) is 6. The Morgan fingerprint density at radius 1 is 1.08 bits per heavy atom. The molecule has 2 aromatic rings. The topological polar surface area (TPSA) is 112 Å². The Balaban J connectivity index is 1.33. The SMILES string of the molecule is COc1cc(C)c(S(=O)(=O)N(C)Cc2nnc(C(=O)N3CCN(CC4CCN(C)CC4)CC3)o2)c(C)c1. The van der Waals surface area contributed by atoms with Gasteiger partial charge in [0.2, 0.25) is 15.9 Å².